The van der Waals surface area contributed by atoms with Gasteiger partial charge >= 0.3 is 5.97 Å². The van der Waals surface area contributed by atoms with Crippen LogP contribution in [0.5, 0.6) is 0 Å². The number of carboxylic acid groups (broad SMARTS) is 1. The lowest BCUT2D eigenvalue weighted by Gasteiger charge is -2.21. The van der Waals surface area contributed by atoms with Crippen LogP contribution < -0.4 is 10.5 Å². The van der Waals surface area contributed by atoms with E-state index in [2.05, 4.69) is 0 Å². The number of alkyl halides is 2. The number of aliphatic hydroxyl groups is 1. The third-order valence-corrected chi connectivity index (χ3v) is 2.97. The fourth-order valence-electron chi connectivity index (χ4n) is 1.51. The fourth-order valence-corrected chi connectivity index (χ4v) is 1.63. The number of carbonyl (C=O) groups is 2. The molecule has 0 heterocycles. The van der Waals surface area contributed by atoms with Crippen LogP contribution in [0.4, 0.5) is 5.69 Å². The van der Waals surface area contributed by atoms with Gasteiger partial charge in [0.15, 0.2) is 16.6 Å². The van der Waals surface area contributed by atoms with E-state index in [4.69, 9.17) is 33.5 Å². The quantitative estimate of drug-likeness (QED) is 0.350. The van der Waals surface area contributed by atoms with Crippen LogP contribution >= 0.6 is 23.2 Å². The monoisotopic (exact) mass is 338 g/mol. The number of halogens is 2. The number of aliphatic hydroxyl groups excluding tert-OH is 1. The van der Waals surface area contributed by atoms with E-state index >= 15 is 0 Å². The van der Waals surface area contributed by atoms with Gasteiger partial charge in [-0.15, -0.1) is 0 Å². The van der Waals surface area contributed by atoms with Crippen molar-refractivity contribution in [1.82, 2.24) is 5.32 Å². The highest BCUT2D eigenvalue weighted by Crippen LogP contribution is 2.19. The first-order valence-corrected chi connectivity index (χ1v) is 6.44. The molecule has 116 valence electrons. The molecule has 1 rings (SSSR count). The molecule has 10 heteroatoms. The Bertz CT molecular complexity index is 508. The maximum Gasteiger partial charge on any atom is 0.329 e. The summed E-state index contributed by atoms with van der Waals surface area (Å²) >= 11 is 10.6. The standard InChI is InChI=1S/C11H12Cl2N2O6/c12-9(13)10(17)14-7(11(18)19)8(16)5-1-3-6(4-2-5)15(20)21/h1-4,7-9,15-16,20H,(H,14,17)(H,18,19)/t7-,8+/m0/s1. The van der Waals surface area contributed by atoms with Crippen molar-refractivity contribution in [3.63, 3.8) is 0 Å². The first-order valence-electron chi connectivity index (χ1n) is 5.56. The lowest BCUT2D eigenvalue weighted by atomic mass is 10.0. The van der Waals surface area contributed by atoms with E-state index in [9.17, 15) is 19.9 Å². The van der Waals surface area contributed by atoms with Gasteiger partial charge in [-0.25, -0.2) is 10.0 Å². The van der Waals surface area contributed by atoms with Gasteiger partial charge in [-0.2, -0.15) is 5.23 Å². The number of carboxylic acids is 1. The molecule has 0 saturated heterocycles. The summed E-state index contributed by atoms with van der Waals surface area (Å²) in [7, 11) is 0. The summed E-state index contributed by atoms with van der Waals surface area (Å²) in [6, 6.07) is 3.22. The summed E-state index contributed by atoms with van der Waals surface area (Å²) < 4.78 is 0. The maximum atomic E-state index is 11.3. The number of carbonyl (C=O) groups excluding carboxylic acids is 1. The number of quaternary nitrogens is 1. The molecule has 0 aromatic heterocycles. The maximum absolute atomic E-state index is 11.3. The van der Waals surface area contributed by atoms with Crippen molar-refractivity contribution < 1.29 is 30.2 Å². The minimum Gasteiger partial charge on any atom is -0.595 e. The first kappa shape index (κ1) is 17.6. The van der Waals surface area contributed by atoms with Crippen LogP contribution in [-0.4, -0.2) is 38.2 Å². The second kappa shape index (κ2) is 7.55. The minimum atomic E-state index is -1.67. The number of nitrogens with one attached hydrogen (secondary N) is 2. The molecule has 0 fully saturated rings. The van der Waals surface area contributed by atoms with Crippen molar-refractivity contribution >= 4 is 40.8 Å². The molecule has 0 spiro atoms. The predicted octanol–water partition coefficient (Wildman–Crippen LogP) is -0.504. The number of rotatable bonds is 6. The van der Waals surface area contributed by atoms with Crippen LogP contribution in [0.3, 0.4) is 0 Å². The largest absolute Gasteiger partial charge is 0.595 e. The van der Waals surface area contributed by atoms with E-state index in [1.807, 2.05) is 5.32 Å². The molecule has 3 atom stereocenters. The van der Waals surface area contributed by atoms with Gasteiger partial charge in [0.1, 0.15) is 6.10 Å². The van der Waals surface area contributed by atoms with E-state index in [1.165, 1.54) is 24.3 Å². The van der Waals surface area contributed by atoms with E-state index in [1.54, 1.807) is 0 Å². The van der Waals surface area contributed by atoms with Crippen molar-refractivity contribution in [2.75, 3.05) is 0 Å². The molecule has 5 N–H and O–H groups in total. The zero-order chi connectivity index (χ0) is 16.2. The van der Waals surface area contributed by atoms with Crippen LogP contribution in [0.25, 0.3) is 0 Å². The highest BCUT2D eigenvalue weighted by Gasteiger charge is 2.31. The fraction of sp³-hybridized carbons (Fsp3) is 0.273. The Labute approximate surface area is 129 Å². The summed E-state index contributed by atoms with van der Waals surface area (Å²) in [5, 5.41) is 39.3. The Morgan fingerprint density at radius 2 is 1.76 bits per heavy atom. The molecule has 1 unspecified atom stereocenters. The SMILES string of the molecule is O=C(N[C@H](C(=O)O)[C@H](O)c1ccc([NH+]([O-])O)cc1)C(Cl)Cl. The zero-order valence-electron chi connectivity index (χ0n) is 10.4. The number of aliphatic carboxylic acids is 1. The zero-order valence-corrected chi connectivity index (χ0v) is 11.9. The van der Waals surface area contributed by atoms with Gasteiger partial charge in [-0.3, -0.25) is 4.79 Å². The molecule has 0 saturated carbocycles. The molecule has 0 aliphatic heterocycles. The molecule has 0 bridgehead atoms. The number of amides is 1. The van der Waals surface area contributed by atoms with E-state index in [0.29, 0.717) is 0 Å². The van der Waals surface area contributed by atoms with Gasteiger partial charge in [0, 0.05) is 12.1 Å². The second-order valence-corrected chi connectivity index (χ2v) is 5.09. The second-order valence-electron chi connectivity index (χ2n) is 4.00. The third-order valence-electron chi connectivity index (χ3n) is 2.58. The molecular formula is C11H12Cl2N2O6. The first-order chi connectivity index (χ1) is 9.73. The average molecular weight is 339 g/mol. The number of hydrogen-bond donors (Lipinski definition) is 5. The highest BCUT2D eigenvalue weighted by molar-refractivity contribution is 6.53. The average Bonchev–Trinajstić information content (AvgIpc) is 2.43. The molecule has 0 radical (unpaired) electrons. The smallest absolute Gasteiger partial charge is 0.329 e. The number of benzene rings is 1. The summed E-state index contributed by atoms with van der Waals surface area (Å²) in [6.45, 7) is 0. The van der Waals surface area contributed by atoms with Crippen molar-refractivity contribution in [3.05, 3.63) is 35.0 Å². The van der Waals surface area contributed by atoms with Crippen LogP contribution in [0.1, 0.15) is 11.7 Å². The highest BCUT2D eigenvalue weighted by atomic mass is 35.5. The molecule has 0 aliphatic rings. The van der Waals surface area contributed by atoms with E-state index in [-0.39, 0.29) is 11.3 Å². The van der Waals surface area contributed by atoms with Crippen LogP contribution in [0.2, 0.25) is 0 Å². The molecule has 8 nitrogen and oxygen atoms in total. The van der Waals surface area contributed by atoms with Gasteiger partial charge in [0.25, 0.3) is 5.91 Å². The topological polar surface area (TPSA) is 134 Å². The lowest BCUT2D eigenvalue weighted by molar-refractivity contribution is -0.991. The van der Waals surface area contributed by atoms with Gasteiger partial charge < -0.3 is 20.7 Å². The molecule has 1 amide bonds. The Morgan fingerprint density at radius 3 is 2.14 bits per heavy atom. The van der Waals surface area contributed by atoms with Crippen LogP contribution in [0, 0.1) is 5.21 Å². The summed E-state index contributed by atoms with van der Waals surface area (Å²) in [6.07, 6.45) is -1.60. The third kappa shape index (κ3) is 4.81. The normalized spacial score (nSPS) is 15.3. The lowest BCUT2D eigenvalue weighted by Crippen LogP contribution is -2.99. The van der Waals surface area contributed by atoms with Gasteiger partial charge in [0.2, 0.25) is 0 Å². The summed E-state index contributed by atoms with van der Waals surface area (Å²) in [5.41, 5.74) is 0.0943. The summed E-state index contributed by atoms with van der Waals surface area (Å²) in [4.78, 5) is 20.9. The Kier molecular flexibility index (Phi) is 6.34. The predicted molar refractivity (Wildman–Crippen MR) is 72.2 cm³/mol. The van der Waals surface area contributed by atoms with Crippen molar-refractivity contribution in [3.8, 4) is 0 Å². The van der Waals surface area contributed by atoms with Gasteiger partial charge in [-0.05, 0) is 5.56 Å². The summed E-state index contributed by atoms with van der Waals surface area (Å²) in [5.74, 6) is -2.46. The Hall–Kier alpha value is -1.42. The van der Waals surface area contributed by atoms with Crippen LogP contribution in [0.15, 0.2) is 24.3 Å². The Morgan fingerprint density at radius 1 is 1.24 bits per heavy atom. The molecule has 0 aliphatic carbocycles. The molecular weight excluding hydrogens is 327 g/mol. The molecule has 21 heavy (non-hydrogen) atoms. The van der Waals surface area contributed by atoms with Gasteiger partial charge in [-0.1, -0.05) is 35.3 Å². The van der Waals surface area contributed by atoms with E-state index in [0.717, 1.165) is 0 Å². The van der Waals surface area contributed by atoms with Gasteiger partial charge in [0.05, 0.1) is 0 Å². The van der Waals surface area contributed by atoms with Crippen molar-refractivity contribution in [2.24, 2.45) is 0 Å². The minimum absolute atomic E-state index is 0.0246. The molecule has 1 aromatic carbocycles. The van der Waals surface area contributed by atoms with Crippen molar-refractivity contribution in [2.45, 2.75) is 17.0 Å². The number of hydrogen-bond acceptors (Lipinski definition) is 5. The molecule has 1 aromatic rings. The van der Waals surface area contributed by atoms with Crippen LogP contribution in [-0.2, 0) is 9.59 Å². The Balaban J connectivity index is 2.92. The van der Waals surface area contributed by atoms with E-state index < -0.39 is 34.1 Å². The van der Waals surface area contributed by atoms with Crippen molar-refractivity contribution in [1.29, 1.82) is 0 Å².